The van der Waals surface area contributed by atoms with Crippen LogP contribution in [0.25, 0.3) is 22.2 Å². The van der Waals surface area contributed by atoms with Crippen LogP contribution in [-0.2, 0) is 4.74 Å². The molecule has 4 rings (SSSR count). The number of ether oxygens (including phenoxy) is 1. The molecule has 0 N–H and O–H groups in total. The summed E-state index contributed by atoms with van der Waals surface area (Å²) in [6.45, 7) is 0. The lowest BCUT2D eigenvalue weighted by atomic mass is 10.2. The summed E-state index contributed by atoms with van der Waals surface area (Å²) in [7, 11) is 1.27. The van der Waals surface area contributed by atoms with Gasteiger partial charge in [0.05, 0.1) is 24.5 Å². The Morgan fingerprint density at radius 3 is 2.67 bits per heavy atom. The smallest absolute Gasteiger partial charge is 0.358 e. The molecule has 2 heterocycles. The zero-order chi connectivity index (χ0) is 16.8. The van der Waals surface area contributed by atoms with Crippen molar-refractivity contribution in [3.63, 3.8) is 0 Å². The topological polar surface area (TPSA) is 57.0 Å². The van der Waals surface area contributed by atoms with Gasteiger partial charge in [-0.05, 0) is 31.0 Å². The fraction of sp³-hybridized carbons (Fsp3) is 0.235. The van der Waals surface area contributed by atoms with Crippen molar-refractivity contribution >= 4 is 16.9 Å². The summed E-state index contributed by atoms with van der Waals surface area (Å²) in [6.07, 6.45) is 3.46. The zero-order valence-electron chi connectivity index (χ0n) is 12.8. The van der Waals surface area contributed by atoms with E-state index in [2.05, 4.69) is 14.9 Å². The number of carbonyl (C=O) groups excluding carboxylic acids is 1. The minimum Gasteiger partial charge on any atom is -0.464 e. The Bertz CT molecular complexity index is 964. The molecule has 24 heavy (non-hydrogen) atoms. The van der Waals surface area contributed by atoms with Gasteiger partial charge in [-0.3, -0.25) is 0 Å². The number of halogens is 2. The normalized spacial score (nSPS) is 14.1. The summed E-state index contributed by atoms with van der Waals surface area (Å²) in [5.41, 5.74) is 2.11. The van der Waals surface area contributed by atoms with E-state index in [0.29, 0.717) is 16.5 Å². The second kappa shape index (κ2) is 5.36. The van der Waals surface area contributed by atoms with Crippen LogP contribution in [0.5, 0.6) is 0 Å². The van der Waals surface area contributed by atoms with Gasteiger partial charge < -0.3 is 9.30 Å². The van der Waals surface area contributed by atoms with Gasteiger partial charge in [-0.15, -0.1) is 5.10 Å². The van der Waals surface area contributed by atoms with Gasteiger partial charge >= 0.3 is 5.97 Å². The van der Waals surface area contributed by atoms with Gasteiger partial charge in [-0.25, -0.2) is 13.6 Å². The predicted octanol–water partition coefficient (Wildman–Crippen LogP) is 3.50. The zero-order valence-corrected chi connectivity index (χ0v) is 12.8. The third-order valence-electron chi connectivity index (χ3n) is 4.14. The molecule has 0 radical (unpaired) electrons. The molecule has 1 aromatic carbocycles. The quantitative estimate of drug-likeness (QED) is 0.690. The van der Waals surface area contributed by atoms with E-state index in [4.69, 9.17) is 0 Å². The maximum Gasteiger partial charge on any atom is 0.358 e. The van der Waals surface area contributed by atoms with Gasteiger partial charge in [0.1, 0.15) is 0 Å². The number of benzene rings is 1. The Labute approximate surface area is 135 Å². The number of carbonyl (C=O) groups is 1. The minimum atomic E-state index is -0.884. The first kappa shape index (κ1) is 14.7. The molecule has 2 aromatic heterocycles. The van der Waals surface area contributed by atoms with Crippen LogP contribution in [0.2, 0.25) is 0 Å². The van der Waals surface area contributed by atoms with Crippen molar-refractivity contribution in [3.8, 4) is 11.3 Å². The highest BCUT2D eigenvalue weighted by Gasteiger charge is 2.28. The Kier molecular flexibility index (Phi) is 3.30. The Balaban J connectivity index is 1.93. The molecule has 122 valence electrons. The predicted molar refractivity (Wildman–Crippen MR) is 82.5 cm³/mol. The van der Waals surface area contributed by atoms with E-state index in [9.17, 15) is 13.6 Å². The average Bonchev–Trinajstić information content (AvgIpc) is 3.37. The summed E-state index contributed by atoms with van der Waals surface area (Å²) in [5, 5.41) is 8.20. The van der Waals surface area contributed by atoms with Gasteiger partial charge in [0, 0.05) is 23.1 Å². The van der Waals surface area contributed by atoms with E-state index in [0.717, 1.165) is 18.5 Å². The monoisotopic (exact) mass is 329 g/mol. The highest BCUT2D eigenvalue weighted by atomic mass is 19.2. The second-order valence-corrected chi connectivity index (χ2v) is 5.78. The summed E-state index contributed by atoms with van der Waals surface area (Å²) in [6, 6.07) is 5.97. The minimum absolute atomic E-state index is 0.0833. The van der Waals surface area contributed by atoms with Crippen LogP contribution in [0.1, 0.15) is 29.4 Å². The summed E-state index contributed by atoms with van der Waals surface area (Å²) in [4.78, 5) is 11.7. The molecular weight excluding hydrogens is 316 g/mol. The SMILES string of the molecule is COC(=O)c1cc(-c2cc3cc(F)c(F)cc3n2C2CC2)cnn1. The summed E-state index contributed by atoms with van der Waals surface area (Å²) >= 11 is 0. The van der Waals surface area contributed by atoms with Crippen molar-refractivity contribution < 1.29 is 18.3 Å². The fourth-order valence-electron chi connectivity index (χ4n) is 2.88. The first-order valence-corrected chi connectivity index (χ1v) is 7.50. The number of nitrogens with zero attached hydrogens (tertiary/aromatic N) is 3. The number of fused-ring (bicyclic) bond motifs is 1. The maximum absolute atomic E-state index is 13.7. The van der Waals surface area contributed by atoms with Crippen LogP contribution >= 0.6 is 0 Å². The number of methoxy groups -OCH3 is 1. The molecule has 0 bridgehead atoms. The largest absolute Gasteiger partial charge is 0.464 e. The molecule has 0 aliphatic heterocycles. The number of aromatic nitrogens is 3. The van der Waals surface area contributed by atoms with Crippen LogP contribution in [0.15, 0.2) is 30.5 Å². The van der Waals surface area contributed by atoms with Crippen LogP contribution < -0.4 is 0 Å². The Morgan fingerprint density at radius 2 is 1.96 bits per heavy atom. The number of esters is 1. The molecule has 7 heteroatoms. The molecule has 0 atom stereocenters. The van der Waals surface area contributed by atoms with E-state index in [1.165, 1.54) is 25.4 Å². The average molecular weight is 329 g/mol. The van der Waals surface area contributed by atoms with Crippen molar-refractivity contribution in [3.05, 3.63) is 47.8 Å². The van der Waals surface area contributed by atoms with Crippen molar-refractivity contribution in [1.82, 2.24) is 14.8 Å². The van der Waals surface area contributed by atoms with Crippen LogP contribution in [0.3, 0.4) is 0 Å². The molecule has 1 fully saturated rings. The lowest BCUT2D eigenvalue weighted by Gasteiger charge is -2.10. The summed E-state index contributed by atoms with van der Waals surface area (Å²) in [5.74, 6) is -2.35. The molecule has 0 spiro atoms. The first-order chi connectivity index (χ1) is 11.6. The molecule has 3 aromatic rings. The van der Waals surface area contributed by atoms with Crippen molar-refractivity contribution in [2.24, 2.45) is 0 Å². The lowest BCUT2D eigenvalue weighted by molar-refractivity contribution is 0.0592. The Hall–Kier alpha value is -2.83. The standard InChI is InChI=1S/C17H13F2N3O2/c1-24-17(23)14-5-10(8-20-21-14)15-6-9-4-12(18)13(19)7-16(9)22(15)11-2-3-11/h4-8,11H,2-3H2,1H3. The molecule has 1 aliphatic carbocycles. The van der Waals surface area contributed by atoms with E-state index < -0.39 is 17.6 Å². The van der Waals surface area contributed by atoms with Crippen LogP contribution in [0, 0.1) is 11.6 Å². The second-order valence-electron chi connectivity index (χ2n) is 5.78. The number of hydrogen-bond acceptors (Lipinski definition) is 4. The van der Waals surface area contributed by atoms with E-state index in [1.54, 1.807) is 12.1 Å². The first-order valence-electron chi connectivity index (χ1n) is 7.50. The molecule has 1 saturated carbocycles. The van der Waals surface area contributed by atoms with Crippen molar-refractivity contribution in [2.75, 3.05) is 7.11 Å². The van der Waals surface area contributed by atoms with E-state index in [-0.39, 0.29) is 11.7 Å². The molecule has 0 unspecified atom stereocenters. The van der Waals surface area contributed by atoms with Crippen molar-refractivity contribution in [2.45, 2.75) is 18.9 Å². The molecule has 5 nitrogen and oxygen atoms in total. The van der Waals surface area contributed by atoms with E-state index in [1.807, 2.05) is 4.57 Å². The van der Waals surface area contributed by atoms with Gasteiger partial charge in [0.15, 0.2) is 17.3 Å². The van der Waals surface area contributed by atoms with Crippen LogP contribution in [0.4, 0.5) is 8.78 Å². The molecule has 1 aliphatic rings. The van der Waals surface area contributed by atoms with Gasteiger partial charge in [0.25, 0.3) is 0 Å². The van der Waals surface area contributed by atoms with Crippen LogP contribution in [-0.4, -0.2) is 27.8 Å². The molecule has 0 saturated heterocycles. The fourth-order valence-corrected chi connectivity index (χ4v) is 2.88. The molecule has 0 amide bonds. The Morgan fingerprint density at radius 1 is 1.21 bits per heavy atom. The highest BCUT2D eigenvalue weighted by molar-refractivity contribution is 5.90. The molecular formula is C17H13F2N3O2. The maximum atomic E-state index is 13.7. The lowest BCUT2D eigenvalue weighted by Crippen LogP contribution is -2.06. The van der Waals surface area contributed by atoms with Gasteiger partial charge in [0.2, 0.25) is 0 Å². The van der Waals surface area contributed by atoms with Gasteiger partial charge in [-0.1, -0.05) is 0 Å². The number of hydrogen-bond donors (Lipinski definition) is 0. The number of rotatable bonds is 3. The van der Waals surface area contributed by atoms with Gasteiger partial charge in [-0.2, -0.15) is 5.10 Å². The third-order valence-corrected chi connectivity index (χ3v) is 4.14. The van der Waals surface area contributed by atoms with E-state index >= 15 is 0 Å². The van der Waals surface area contributed by atoms with Crippen molar-refractivity contribution in [1.29, 1.82) is 0 Å². The third kappa shape index (κ3) is 2.33. The highest BCUT2D eigenvalue weighted by Crippen LogP contribution is 2.42. The summed E-state index contributed by atoms with van der Waals surface area (Å²) < 4.78 is 33.9.